The molecule has 0 radical (unpaired) electrons. The molecule has 2 fully saturated rings. The zero-order chi connectivity index (χ0) is 25.6. The number of nitrogens with zero attached hydrogens (tertiary/aromatic N) is 1. The number of thiophene rings is 1. The quantitative estimate of drug-likeness (QED) is 0.428. The van der Waals surface area contributed by atoms with E-state index in [0.717, 1.165) is 37.0 Å². The van der Waals surface area contributed by atoms with Crippen LogP contribution in [0.3, 0.4) is 0 Å². The molecule has 1 aromatic heterocycles. The molecule has 3 rings (SSSR count). The van der Waals surface area contributed by atoms with Gasteiger partial charge in [-0.1, -0.05) is 31.1 Å². The van der Waals surface area contributed by atoms with Crippen molar-refractivity contribution in [3.8, 4) is 11.8 Å². The average molecular weight is 506 g/mol. The first-order chi connectivity index (χ1) is 16.6. The van der Waals surface area contributed by atoms with Gasteiger partial charge in [0, 0.05) is 18.6 Å². The lowest BCUT2D eigenvalue weighted by atomic mass is 9.80. The molecule has 1 aliphatic carbocycles. The van der Waals surface area contributed by atoms with E-state index in [2.05, 4.69) is 11.8 Å². The average Bonchev–Trinajstić information content (AvgIpc) is 3.26. The number of ether oxygens (including phenoxy) is 1. The Balaban J connectivity index is 2.10. The maximum atomic E-state index is 14.2. The Morgan fingerprint density at radius 3 is 2.34 bits per heavy atom. The second-order valence-corrected chi connectivity index (χ2v) is 11.8. The molecule has 2 heterocycles. The van der Waals surface area contributed by atoms with Crippen LogP contribution in [0.2, 0.25) is 0 Å². The minimum Gasteiger partial charge on any atom is -0.477 e. The molecule has 1 aromatic rings. The van der Waals surface area contributed by atoms with E-state index >= 15 is 0 Å². The van der Waals surface area contributed by atoms with Crippen molar-refractivity contribution in [1.82, 2.24) is 0 Å². The van der Waals surface area contributed by atoms with E-state index in [1.165, 1.54) is 6.42 Å². The minimum absolute atomic E-state index is 0.0745. The highest BCUT2D eigenvalue weighted by Crippen LogP contribution is 2.43. The smallest absolute Gasteiger partial charge is 0.348 e. The predicted octanol–water partition coefficient (Wildman–Crippen LogP) is 4.44. The highest BCUT2D eigenvalue weighted by Gasteiger charge is 2.51. The predicted molar refractivity (Wildman–Crippen MR) is 137 cm³/mol. The molecule has 3 N–H and O–H groups in total. The fraction of sp³-hybridized carbons (Fsp3) is 0.704. The van der Waals surface area contributed by atoms with Gasteiger partial charge >= 0.3 is 5.97 Å². The Labute approximate surface area is 212 Å². The summed E-state index contributed by atoms with van der Waals surface area (Å²) in [5.41, 5.74) is -1.04. The van der Waals surface area contributed by atoms with Crippen LogP contribution < -0.4 is 4.90 Å². The van der Waals surface area contributed by atoms with Crippen LogP contribution in [0.5, 0.6) is 0 Å². The Kier molecular flexibility index (Phi) is 9.39. The van der Waals surface area contributed by atoms with Crippen molar-refractivity contribution in [1.29, 1.82) is 0 Å². The number of carbonyl (C=O) groups is 2. The Hall–Kier alpha value is -1.92. The van der Waals surface area contributed by atoms with E-state index in [9.17, 15) is 24.9 Å². The number of amides is 1. The van der Waals surface area contributed by atoms with Crippen molar-refractivity contribution in [3.05, 3.63) is 15.8 Å². The number of morpholine rings is 1. The highest BCUT2D eigenvalue weighted by atomic mass is 32.1. The molecule has 8 heteroatoms. The van der Waals surface area contributed by atoms with E-state index in [1.807, 2.05) is 20.8 Å². The molecular formula is C27H39NO6S. The summed E-state index contributed by atoms with van der Waals surface area (Å²) in [6.07, 6.45) is 6.69. The Morgan fingerprint density at radius 1 is 1.17 bits per heavy atom. The maximum absolute atomic E-state index is 14.2. The van der Waals surface area contributed by atoms with Crippen molar-refractivity contribution in [2.24, 2.45) is 11.3 Å². The molecule has 1 unspecified atom stereocenters. The summed E-state index contributed by atoms with van der Waals surface area (Å²) < 4.78 is 6.31. The number of carboxylic acid groups (broad SMARTS) is 1. The number of hydrogen-bond donors (Lipinski definition) is 3. The van der Waals surface area contributed by atoms with Crippen molar-refractivity contribution in [3.63, 3.8) is 0 Å². The molecule has 0 aromatic carbocycles. The van der Waals surface area contributed by atoms with Gasteiger partial charge in [0.2, 0.25) is 0 Å². The zero-order valence-electron chi connectivity index (χ0n) is 21.1. The molecule has 1 saturated carbocycles. The monoisotopic (exact) mass is 505 g/mol. The summed E-state index contributed by atoms with van der Waals surface area (Å²) >= 11 is 1.10. The van der Waals surface area contributed by atoms with Crippen LogP contribution in [0.25, 0.3) is 0 Å². The number of hydrogen-bond acceptors (Lipinski definition) is 6. The maximum Gasteiger partial charge on any atom is 0.348 e. The second-order valence-electron chi connectivity index (χ2n) is 10.7. The number of carbonyl (C=O) groups excluding carboxylic acids is 1. The van der Waals surface area contributed by atoms with Crippen molar-refractivity contribution < 1.29 is 29.6 Å². The fourth-order valence-electron chi connectivity index (χ4n) is 5.14. The number of aliphatic hydroxyl groups excluding tert-OH is 2. The number of aliphatic hydroxyl groups is 2. The molecule has 1 atom stereocenters. The van der Waals surface area contributed by atoms with Crippen LogP contribution >= 0.6 is 11.3 Å². The molecule has 35 heavy (non-hydrogen) atoms. The minimum atomic E-state index is -1.19. The molecule has 0 bridgehead atoms. The van der Waals surface area contributed by atoms with E-state index < -0.39 is 11.6 Å². The normalized spacial score (nSPS) is 21.0. The summed E-state index contributed by atoms with van der Waals surface area (Å²) in [6, 6.07) is 1.49. The van der Waals surface area contributed by atoms with E-state index in [0.29, 0.717) is 42.9 Å². The van der Waals surface area contributed by atoms with Gasteiger partial charge in [0.1, 0.15) is 10.5 Å². The number of anilines is 1. The van der Waals surface area contributed by atoms with Gasteiger partial charge in [0.05, 0.1) is 23.2 Å². The van der Waals surface area contributed by atoms with Gasteiger partial charge in [-0.15, -0.1) is 11.3 Å². The molecule has 2 aliphatic rings. The topological polar surface area (TPSA) is 107 Å². The van der Waals surface area contributed by atoms with Gasteiger partial charge in [0.15, 0.2) is 0 Å². The van der Waals surface area contributed by atoms with Crippen molar-refractivity contribution in [2.75, 3.05) is 24.7 Å². The molecule has 1 saturated heterocycles. The van der Waals surface area contributed by atoms with Crippen LogP contribution in [-0.4, -0.2) is 58.7 Å². The fourth-order valence-corrected chi connectivity index (χ4v) is 5.98. The third-order valence-electron chi connectivity index (χ3n) is 6.87. The number of carboxylic acids is 1. The molecule has 1 amide bonds. The third-order valence-corrected chi connectivity index (χ3v) is 7.90. The zero-order valence-corrected chi connectivity index (χ0v) is 22.0. The summed E-state index contributed by atoms with van der Waals surface area (Å²) in [5, 5.41) is 29.0. The first-order valence-electron chi connectivity index (χ1n) is 12.7. The SMILES string of the molecule is CC(C)(C)C#Cc1cc(N2C(=O)C(CCCO)(CCCO)OCC2C2CCCCC2)c(C(=O)O)s1. The standard InChI is InChI=1S/C27H39NO6S/c1-26(2,3)14-11-20-17-21(23(35-20)24(31)32)28-22(19-9-5-4-6-10-19)18-34-27(25(28)33,12-7-15-29)13-8-16-30/h17,19,22,29-30H,4-10,12-13,15-16,18H2,1-3H3,(H,31,32). The van der Waals surface area contributed by atoms with Crippen molar-refractivity contribution >= 4 is 28.9 Å². The molecule has 7 nitrogen and oxygen atoms in total. The van der Waals surface area contributed by atoms with Crippen LogP contribution in [0.4, 0.5) is 5.69 Å². The Bertz CT molecular complexity index is 939. The first-order valence-corrected chi connectivity index (χ1v) is 13.5. The lowest BCUT2D eigenvalue weighted by Crippen LogP contribution is -2.63. The first kappa shape index (κ1) is 27.7. The number of rotatable bonds is 9. The van der Waals surface area contributed by atoms with Crippen LogP contribution in [-0.2, 0) is 9.53 Å². The van der Waals surface area contributed by atoms with Crippen molar-refractivity contribution in [2.45, 2.75) is 90.2 Å². The molecule has 1 aliphatic heterocycles. The van der Waals surface area contributed by atoms with E-state index in [1.54, 1.807) is 11.0 Å². The lowest BCUT2D eigenvalue weighted by molar-refractivity contribution is -0.159. The second kappa shape index (κ2) is 11.9. The van der Waals surface area contributed by atoms with Gasteiger partial charge in [-0.25, -0.2) is 4.79 Å². The van der Waals surface area contributed by atoms with Crippen LogP contribution in [0, 0.1) is 23.2 Å². The third kappa shape index (κ3) is 6.65. The summed E-state index contributed by atoms with van der Waals surface area (Å²) in [4.78, 5) is 28.9. The van der Waals surface area contributed by atoms with Crippen LogP contribution in [0.1, 0.15) is 93.1 Å². The molecule has 194 valence electrons. The van der Waals surface area contributed by atoms with Crippen LogP contribution in [0.15, 0.2) is 6.07 Å². The van der Waals surface area contributed by atoms with Gasteiger partial charge in [-0.3, -0.25) is 4.79 Å². The summed E-state index contributed by atoms with van der Waals surface area (Å²) in [7, 11) is 0. The van der Waals surface area contributed by atoms with Gasteiger partial charge in [0.25, 0.3) is 5.91 Å². The Morgan fingerprint density at radius 2 is 1.80 bits per heavy atom. The van der Waals surface area contributed by atoms with E-state index in [4.69, 9.17) is 4.74 Å². The molecular weight excluding hydrogens is 466 g/mol. The summed E-state index contributed by atoms with van der Waals surface area (Å²) in [5.74, 6) is 5.15. The lowest BCUT2D eigenvalue weighted by Gasteiger charge is -2.49. The highest BCUT2D eigenvalue weighted by molar-refractivity contribution is 7.15. The van der Waals surface area contributed by atoms with Gasteiger partial charge < -0.3 is 25.0 Å². The van der Waals surface area contributed by atoms with Gasteiger partial charge in [-0.2, -0.15) is 0 Å². The van der Waals surface area contributed by atoms with E-state index in [-0.39, 0.29) is 41.4 Å². The molecule has 0 spiro atoms. The van der Waals surface area contributed by atoms with Gasteiger partial charge in [-0.05, 0) is 71.3 Å². The largest absolute Gasteiger partial charge is 0.477 e. The summed E-state index contributed by atoms with van der Waals surface area (Å²) in [6.45, 7) is 6.14. The number of aromatic carboxylic acids is 1.